The summed E-state index contributed by atoms with van der Waals surface area (Å²) in [6.07, 6.45) is -0.622. The third kappa shape index (κ3) is 2.35. The van der Waals surface area contributed by atoms with E-state index in [1.807, 2.05) is 0 Å². The van der Waals surface area contributed by atoms with E-state index in [0.29, 0.717) is 0 Å². The number of benzene rings is 1. The van der Waals surface area contributed by atoms with Crippen molar-refractivity contribution in [3.05, 3.63) is 39.9 Å². The summed E-state index contributed by atoms with van der Waals surface area (Å²) in [5.74, 6) is -1.37. The molecule has 1 aromatic rings. The van der Waals surface area contributed by atoms with Crippen LogP contribution < -0.4 is 5.32 Å². The van der Waals surface area contributed by atoms with Crippen molar-refractivity contribution >= 4 is 29.4 Å². The lowest BCUT2D eigenvalue weighted by molar-refractivity contribution is -0.384. The van der Waals surface area contributed by atoms with Crippen LogP contribution in [0.3, 0.4) is 0 Å². The van der Waals surface area contributed by atoms with Crippen LogP contribution in [-0.4, -0.2) is 68.8 Å². The maximum atomic E-state index is 12.8. The van der Waals surface area contributed by atoms with E-state index in [4.69, 9.17) is 0 Å². The summed E-state index contributed by atoms with van der Waals surface area (Å²) in [5.41, 5.74) is -2.57. The molecule has 2 heterocycles. The van der Waals surface area contributed by atoms with Crippen molar-refractivity contribution in [2.45, 2.75) is 31.6 Å². The monoisotopic (exact) mass is 389 g/mol. The minimum Gasteiger partial charge on any atom is -0.311 e. The van der Waals surface area contributed by atoms with Gasteiger partial charge in [0.2, 0.25) is 5.91 Å². The van der Waals surface area contributed by atoms with Crippen LogP contribution in [0.2, 0.25) is 0 Å². The molecule has 2 fully saturated rings. The fourth-order valence-electron chi connectivity index (χ4n) is 3.73. The Morgan fingerprint density at radius 1 is 1.11 bits per heavy atom. The molecule has 0 aromatic heterocycles. The molecule has 0 bridgehead atoms. The lowest BCUT2D eigenvalue weighted by Crippen LogP contribution is -2.64. The minimum absolute atomic E-state index is 0.111. The van der Waals surface area contributed by atoms with Gasteiger partial charge in [0, 0.05) is 31.8 Å². The first-order valence-corrected chi connectivity index (χ1v) is 8.39. The molecule has 0 spiro atoms. The molecule has 2 aliphatic heterocycles. The molecule has 11 nitrogen and oxygen atoms in total. The van der Waals surface area contributed by atoms with E-state index >= 15 is 0 Å². The number of urea groups is 2. The Morgan fingerprint density at radius 2 is 1.68 bits per heavy atom. The molecular weight excluding hydrogens is 370 g/mol. The average Bonchev–Trinajstić information content (AvgIpc) is 2.90. The van der Waals surface area contributed by atoms with Gasteiger partial charge < -0.3 is 15.1 Å². The maximum absolute atomic E-state index is 12.8. The quantitative estimate of drug-likeness (QED) is 0.355. The third-order valence-corrected chi connectivity index (χ3v) is 5.77. The van der Waals surface area contributed by atoms with Gasteiger partial charge in [0.25, 0.3) is 5.69 Å². The number of ketones is 1. The number of nitro benzene ring substituents is 1. The number of nitrogens with one attached hydrogen (secondary N) is 1. The topological polar surface area (TPSA) is 133 Å². The molecule has 0 saturated carbocycles. The Labute approximate surface area is 160 Å². The van der Waals surface area contributed by atoms with Crippen molar-refractivity contribution in [3.63, 3.8) is 0 Å². The first-order chi connectivity index (χ1) is 12.9. The zero-order chi connectivity index (χ0) is 21.0. The van der Waals surface area contributed by atoms with Gasteiger partial charge in [-0.05, 0) is 26.0 Å². The van der Waals surface area contributed by atoms with Crippen molar-refractivity contribution in [2.75, 3.05) is 14.1 Å². The van der Waals surface area contributed by atoms with E-state index in [0.717, 1.165) is 17.0 Å². The van der Waals surface area contributed by atoms with Crippen LogP contribution in [0.4, 0.5) is 15.3 Å². The molecule has 2 saturated heterocycles. The highest BCUT2D eigenvalue weighted by atomic mass is 16.6. The van der Waals surface area contributed by atoms with Crippen LogP contribution >= 0.6 is 0 Å². The number of nitro groups is 1. The second-order valence-electron chi connectivity index (χ2n) is 7.06. The molecule has 5 amide bonds. The van der Waals surface area contributed by atoms with Gasteiger partial charge in [0.1, 0.15) is 0 Å². The minimum atomic E-state index is -1.36. The highest BCUT2D eigenvalue weighted by Gasteiger charge is 2.70. The van der Waals surface area contributed by atoms with E-state index in [2.05, 4.69) is 5.32 Å². The molecule has 148 valence electrons. The second kappa shape index (κ2) is 6.01. The predicted octanol–water partition coefficient (Wildman–Crippen LogP) is 1.15. The summed E-state index contributed by atoms with van der Waals surface area (Å²) in [6, 6.07) is 3.74. The van der Waals surface area contributed by atoms with Crippen molar-refractivity contribution < 1.29 is 24.1 Å². The molecule has 2 aliphatic rings. The van der Waals surface area contributed by atoms with E-state index in [1.165, 1.54) is 36.0 Å². The molecule has 0 unspecified atom stereocenters. The van der Waals surface area contributed by atoms with Crippen molar-refractivity contribution in [2.24, 2.45) is 0 Å². The number of hydrogen-bond donors (Lipinski definition) is 1. The van der Waals surface area contributed by atoms with Crippen LogP contribution in [0.1, 0.15) is 30.6 Å². The van der Waals surface area contributed by atoms with Crippen LogP contribution in [0.5, 0.6) is 0 Å². The SMILES string of the molecule is CN1C(=O)N[C@]2(C)N(C(=O)CC(=O)c3ccc([N+](=O)[O-])cc3)C(=O)N(C)[C@]12C. The number of non-ortho nitro benzene ring substituents is 1. The standard InChI is InChI=1S/C17H19N5O6/c1-16-17(2,19(3)14(25)18-16)20(4)15(26)21(16)13(24)9-12(23)10-5-7-11(8-6-10)22(27)28/h5-8H,9H2,1-4H3,(H,18,25)/t16-,17+/m1/s1. The van der Waals surface area contributed by atoms with Crippen molar-refractivity contribution in [1.29, 1.82) is 0 Å². The molecule has 1 aromatic carbocycles. The van der Waals surface area contributed by atoms with Gasteiger partial charge in [0.05, 0.1) is 11.3 Å². The van der Waals surface area contributed by atoms with Gasteiger partial charge in [-0.1, -0.05) is 0 Å². The van der Waals surface area contributed by atoms with Crippen LogP contribution in [0.15, 0.2) is 24.3 Å². The smallest absolute Gasteiger partial charge is 0.311 e. The van der Waals surface area contributed by atoms with Gasteiger partial charge in [-0.15, -0.1) is 0 Å². The summed E-state index contributed by atoms with van der Waals surface area (Å²) in [7, 11) is 2.99. The normalized spacial score (nSPS) is 26.4. The zero-order valence-corrected chi connectivity index (χ0v) is 15.8. The van der Waals surface area contributed by atoms with Gasteiger partial charge in [-0.2, -0.15) is 0 Å². The fourth-order valence-corrected chi connectivity index (χ4v) is 3.73. The number of nitrogens with zero attached hydrogens (tertiary/aromatic N) is 4. The Balaban J connectivity index is 1.86. The molecule has 28 heavy (non-hydrogen) atoms. The van der Waals surface area contributed by atoms with Gasteiger partial charge in [-0.25, -0.2) is 14.5 Å². The van der Waals surface area contributed by atoms with Crippen LogP contribution in [-0.2, 0) is 4.79 Å². The lowest BCUT2D eigenvalue weighted by atomic mass is 9.96. The number of amides is 5. The molecule has 11 heteroatoms. The number of fused-ring (bicyclic) bond motifs is 1. The highest BCUT2D eigenvalue weighted by Crippen LogP contribution is 2.44. The van der Waals surface area contributed by atoms with Crippen molar-refractivity contribution in [1.82, 2.24) is 20.0 Å². The summed E-state index contributed by atoms with van der Waals surface area (Å²) < 4.78 is 0. The lowest BCUT2D eigenvalue weighted by Gasteiger charge is -2.40. The summed E-state index contributed by atoms with van der Waals surface area (Å²) in [4.78, 5) is 63.8. The number of carbonyl (C=O) groups is 4. The zero-order valence-electron chi connectivity index (χ0n) is 15.8. The number of imide groups is 1. The fraction of sp³-hybridized carbons (Fsp3) is 0.412. The van der Waals surface area contributed by atoms with Gasteiger partial charge >= 0.3 is 12.1 Å². The molecule has 1 N–H and O–H groups in total. The molecule has 2 atom stereocenters. The van der Waals surface area contributed by atoms with E-state index in [9.17, 15) is 29.3 Å². The second-order valence-corrected chi connectivity index (χ2v) is 7.06. The highest BCUT2D eigenvalue weighted by molar-refractivity contribution is 6.12. The summed E-state index contributed by atoms with van der Waals surface area (Å²) in [5, 5.41) is 13.4. The number of hydrogen-bond acceptors (Lipinski definition) is 6. The van der Waals surface area contributed by atoms with Gasteiger partial charge in [0.15, 0.2) is 17.1 Å². The number of Topliss-reactive ketones (excluding diaryl/α,β-unsaturated/α-hetero) is 1. The molecule has 0 radical (unpaired) electrons. The Bertz CT molecular complexity index is 915. The summed E-state index contributed by atoms with van der Waals surface area (Å²) in [6.45, 7) is 3.19. The number of rotatable bonds is 4. The predicted molar refractivity (Wildman–Crippen MR) is 95.2 cm³/mol. The molecule has 0 aliphatic carbocycles. The molecule has 3 rings (SSSR count). The first kappa shape index (κ1) is 19.3. The largest absolute Gasteiger partial charge is 0.330 e. The van der Waals surface area contributed by atoms with Crippen LogP contribution in [0.25, 0.3) is 0 Å². The Kier molecular flexibility index (Phi) is 4.13. The Morgan fingerprint density at radius 3 is 2.21 bits per heavy atom. The Hall–Kier alpha value is -3.50. The average molecular weight is 389 g/mol. The van der Waals surface area contributed by atoms with Crippen molar-refractivity contribution in [3.8, 4) is 0 Å². The van der Waals surface area contributed by atoms with E-state index in [1.54, 1.807) is 13.8 Å². The molecular formula is C17H19N5O6. The third-order valence-electron chi connectivity index (χ3n) is 5.77. The van der Waals surface area contributed by atoms with E-state index in [-0.39, 0.29) is 11.3 Å². The van der Waals surface area contributed by atoms with Crippen LogP contribution in [0, 0.1) is 10.1 Å². The first-order valence-electron chi connectivity index (χ1n) is 8.39. The number of carbonyl (C=O) groups excluding carboxylic acids is 4. The van der Waals surface area contributed by atoms with E-state index < -0.39 is 46.4 Å². The van der Waals surface area contributed by atoms with Gasteiger partial charge in [-0.3, -0.25) is 19.7 Å². The number of likely N-dealkylation sites (N-methyl/N-ethyl adjacent to an activating group) is 2. The summed E-state index contributed by atoms with van der Waals surface area (Å²) >= 11 is 0. The maximum Gasteiger partial charge on any atom is 0.330 e.